The van der Waals surface area contributed by atoms with Gasteiger partial charge in [0, 0.05) is 50.1 Å². The lowest BCUT2D eigenvalue weighted by Crippen LogP contribution is -2.29. The van der Waals surface area contributed by atoms with E-state index in [0.717, 1.165) is 17.7 Å². The van der Waals surface area contributed by atoms with Crippen LogP contribution < -0.4 is 5.32 Å². The Balaban J connectivity index is 1.66. The summed E-state index contributed by atoms with van der Waals surface area (Å²) in [5.41, 5.74) is 1.53. The van der Waals surface area contributed by atoms with Crippen molar-refractivity contribution in [3.05, 3.63) is 89.5 Å². The molecule has 2 amide bonds. The zero-order chi connectivity index (χ0) is 20.8. The van der Waals surface area contributed by atoms with Crippen molar-refractivity contribution in [1.82, 2.24) is 14.9 Å². The van der Waals surface area contributed by atoms with Crippen LogP contribution in [0.5, 0.6) is 0 Å². The Morgan fingerprint density at radius 1 is 0.966 bits per heavy atom. The van der Waals surface area contributed by atoms with Gasteiger partial charge in [0.1, 0.15) is 0 Å². The van der Waals surface area contributed by atoms with Gasteiger partial charge < -0.3 is 10.2 Å². The predicted molar refractivity (Wildman–Crippen MR) is 103 cm³/mol. The van der Waals surface area contributed by atoms with Crippen LogP contribution in [0.15, 0.2) is 61.2 Å². The lowest BCUT2D eigenvalue weighted by Gasteiger charge is -2.17. The highest BCUT2D eigenvalue weighted by Gasteiger charge is 2.15. The van der Waals surface area contributed by atoms with Crippen LogP contribution in [0.25, 0.3) is 0 Å². The van der Waals surface area contributed by atoms with E-state index in [1.807, 2.05) is 12.1 Å². The largest absolute Gasteiger partial charge is 0.341 e. The highest BCUT2D eigenvalue weighted by molar-refractivity contribution is 6.05. The number of amides is 2. The number of carbonyl (C=O) groups is 2. The number of nitrogens with one attached hydrogen (secondary N) is 1. The monoisotopic (exact) mass is 396 g/mol. The van der Waals surface area contributed by atoms with Crippen LogP contribution in [0.1, 0.15) is 26.3 Å². The first-order chi connectivity index (χ1) is 13.9. The van der Waals surface area contributed by atoms with Crippen molar-refractivity contribution in [1.29, 1.82) is 0 Å². The van der Waals surface area contributed by atoms with Gasteiger partial charge in [0.25, 0.3) is 11.8 Å². The topological polar surface area (TPSA) is 75.2 Å². The third kappa shape index (κ3) is 5.19. The summed E-state index contributed by atoms with van der Waals surface area (Å²) in [5, 5.41) is 2.45. The third-order valence-corrected chi connectivity index (χ3v) is 4.26. The van der Waals surface area contributed by atoms with Crippen LogP contribution in [-0.2, 0) is 6.42 Å². The van der Waals surface area contributed by atoms with Crippen LogP contribution in [0, 0.1) is 11.6 Å². The SMILES string of the molecule is CN(CCc1ccncc1)C(=O)c1cncc(C(=O)Nc2ccc(F)c(F)c2)c1. The van der Waals surface area contributed by atoms with Crippen molar-refractivity contribution in [3.8, 4) is 0 Å². The smallest absolute Gasteiger partial charge is 0.257 e. The fraction of sp³-hybridized carbons (Fsp3) is 0.143. The van der Waals surface area contributed by atoms with Crippen LogP contribution in [0.2, 0.25) is 0 Å². The second kappa shape index (κ2) is 9.01. The fourth-order valence-electron chi connectivity index (χ4n) is 2.63. The van der Waals surface area contributed by atoms with Gasteiger partial charge in [-0.1, -0.05) is 0 Å². The van der Waals surface area contributed by atoms with E-state index in [2.05, 4.69) is 15.3 Å². The highest BCUT2D eigenvalue weighted by Crippen LogP contribution is 2.15. The van der Waals surface area contributed by atoms with Crippen molar-refractivity contribution in [2.24, 2.45) is 0 Å². The molecule has 2 heterocycles. The Labute approximate surface area is 166 Å². The molecule has 0 fully saturated rings. The lowest BCUT2D eigenvalue weighted by atomic mass is 10.1. The Hall–Kier alpha value is -3.68. The van der Waals surface area contributed by atoms with E-state index in [-0.39, 0.29) is 22.7 Å². The number of rotatable bonds is 6. The van der Waals surface area contributed by atoms with E-state index in [1.165, 1.54) is 29.4 Å². The van der Waals surface area contributed by atoms with Gasteiger partial charge in [-0.3, -0.25) is 19.6 Å². The average molecular weight is 396 g/mol. The number of hydrogen-bond donors (Lipinski definition) is 1. The number of hydrogen-bond acceptors (Lipinski definition) is 4. The van der Waals surface area contributed by atoms with Gasteiger partial charge in [0.2, 0.25) is 0 Å². The van der Waals surface area contributed by atoms with E-state index in [1.54, 1.807) is 19.4 Å². The summed E-state index contributed by atoms with van der Waals surface area (Å²) in [6, 6.07) is 8.20. The van der Waals surface area contributed by atoms with Gasteiger partial charge in [-0.05, 0) is 42.3 Å². The molecule has 3 aromatic rings. The summed E-state index contributed by atoms with van der Waals surface area (Å²) in [4.78, 5) is 34.4. The van der Waals surface area contributed by atoms with E-state index in [4.69, 9.17) is 0 Å². The molecule has 0 spiro atoms. The number of carbonyl (C=O) groups excluding carboxylic acids is 2. The number of halogens is 2. The molecule has 0 atom stereocenters. The molecule has 8 heteroatoms. The lowest BCUT2D eigenvalue weighted by molar-refractivity contribution is 0.0796. The van der Waals surface area contributed by atoms with Gasteiger partial charge in [0.15, 0.2) is 11.6 Å². The molecule has 148 valence electrons. The standard InChI is InChI=1S/C21H18F2N4O2/c1-27(9-6-14-4-7-24-8-5-14)21(29)16-10-15(12-25-13-16)20(28)26-17-2-3-18(22)19(23)11-17/h2-5,7-8,10-13H,6,9H2,1H3,(H,26,28). The van der Waals surface area contributed by atoms with Gasteiger partial charge in [-0.15, -0.1) is 0 Å². The van der Waals surface area contributed by atoms with E-state index in [9.17, 15) is 18.4 Å². The molecule has 29 heavy (non-hydrogen) atoms. The van der Waals surface area contributed by atoms with E-state index >= 15 is 0 Å². The molecular weight excluding hydrogens is 378 g/mol. The van der Waals surface area contributed by atoms with E-state index in [0.29, 0.717) is 13.0 Å². The van der Waals surface area contributed by atoms with Crippen molar-refractivity contribution >= 4 is 17.5 Å². The highest BCUT2D eigenvalue weighted by atomic mass is 19.2. The first kappa shape index (κ1) is 20.1. The maximum absolute atomic E-state index is 13.3. The summed E-state index contributed by atoms with van der Waals surface area (Å²) in [7, 11) is 1.66. The summed E-state index contributed by atoms with van der Waals surface area (Å²) in [6.45, 7) is 0.480. The molecule has 0 aliphatic carbocycles. The molecule has 0 unspecified atom stereocenters. The fourth-order valence-corrected chi connectivity index (χ4v) is 2.63. The van der Waals surface area contributed by atoms with Crippen LogP contribution in [-0.4, -0.2) is 40.3 Å². The molecule has 2 aromatic heterocycles. The molecule has 1 aromatic carbocycles. The number of benzene rings is 1. The molecule has 3 rings (SSSR count). The minimum absolute atomic E-state index is 0.0973. The molecule has 1 N–H and O–H groups in total. The molecule has 0 saturated carbocycles. The maximum atomic E-state index is 13.3. The normalized spacial score (nSPS) is 10.4. The minimum atomic E-state index is -1.07. The molecule has 0 bridgehead atoms. The van der Waals surface area contributed by atoms with Crippen molar-refractivity contribution in [2.45, 2.75) is 6.42 Å². The van der Waals surface area contributed by atoms with Gasteiger partial charge in [-0.2, -0.15) is 0 Å². The second-order valence-corrected chi connectivity index (χ2v) is 6.38. The van der Waals surface area contributed by atoms with Gasteiger partial charge in [0.05, 0.1) is 11.1 Å². The van der Waals surface area contributed by atoms with Crippen LogP contribution in [0.4, 0.5) is 14.5 Å². The number of anilines is 1. The summed E-state index contributed by atoms with van der Waals surface area (Å²) >= 11 is 0. The molecule has 0 aliphatic heterocycles. The first-order valence-corrected chi connectivity index (χ1v) is 8.80. The molecule has 6 nitrogen and oxygen atoms in total. The number of likely N-dealkylation sites (N-methyl/N-ethyl adjacent to an activating group) is 1. The number of nitrogens with zero attached hydrogens (tertiary/aromatic N) is 3. The van der Waals surface area contributed by atoms with E-state index < -0.39 is 17.5 Å². The van der Waals surface area contributed by atoms with Crippen molar-refractivity contribution < 1.29 is 18.4 Å². The quantitative estimate of drug-likeness (QED) is 0.694. The average Bonchev–Trinajstić information content (AvgIpc) is 2.75. The number of aromatic nitrogens is 2. The molecule has 0 aliphatic rings. The molecule has 0 radical (unpaired) electrons. The minimum Gasteiger partial charge on any atom is -0.341 e. The Morgan fingerprint density at radius 2 is 1.69 bits per heavy atom. The zero-order valence-electron chi connectivity index (χ0n) is 15.6. The molecule has 0 saturated heterocycles. The summed E-state index contributed by atoms with van der Waals surface area (Å²) < 4.78 is 26.3. The van der Waals surface area contributed by atoms with Crippen molar-refractivity contribution in [3.63, 3.8) is 0 Å². The predicted octanol–water partition coefficient (Wildman–Crippen LogP) is 3.32. The Bertz CT molecular complexity index is 1030. The first-order valence-electron chi connectivity index (χ1n) is 8.80. The Kier molecular flexibility index (Phi) is 6.23. The third-order valence-electron chi connectivity index (χ3n) is 4.26. The van der Waals surface area contributed by atoms with Crippen molar-refractivity contribution in [2.75, 3.05) is 18.9 Å². The summed E-state index contributed by atoms with van der Waals surface area (Å²) in [5.74, 6) is -2.95. The zero-order valence-corrected chi connectivity index (χ0v) is 15.6. The maximum Gasteiger partial charge on any atom is 0.257 e. The molecular formula is C21H18F2N4O2. The second-order valence-electron chi connectivity index (χ2n) is 6.38. The van der Waals surface area contributed by atoms with Gasteiger partial charge in [-0.25, -0.2) is 8.78 Å². The summed E-state index contributed by atoms with van der Waals surface area (Å²) in [6.07, 6.45) is 6.71. The number of pyridine rings is 2. The van der Waals surface area contributed by atoms with Gasteiger partial charge >= 0.3 is 0 Å². The van der Waals surface area contributed by atoms with Crippen LogP contribution in [0.3, 0.4) is 0 Å². The van der Waals surface area contributed by atoms with Crippen LogP contribution >= 0.6 is 0 Å². The Morgan fingerprint density at radius 3 is 2.41 bits per heavy atom.